The second kappa shape index (κ2) is 6.93. The molecule has 5 nitrogen and oxygen atoms in total. The van der Waals surface area contributed by atoms with Crippen molar-refractivity contribution in [1.82, 2.24) is 9.80 Å². The van der Waals surface area contributed by atoms with Crippen molar-refractivity contribution in [3.05, 3.63) is 35.9 Å². The minimum absolute atomic E-state index is 0.110. The summed E-state index contributed by atoms with van der Waals surface area (Å²) in [7, 11) is 0. The standard InChI is InChI=1S/C15H20N2O3/c18-14(8-4-7-13-5-2-1-3-6-13)16-9-11-17(12-10-16)15(19)20/h1-3,5-6H,4,7-12H2,(H,19,20)/p-1. The van der Waals surface area contributed by atoms with Gasteiger partial charge < -0.3 is 19.7 Å². The molecule has 5 heteroatoms. The summed E-state index contributed by atoms with van der Waals surface area (Å²) in [6, 6.07) is 10.1. The highest BCUT2D eigenvalue weighted by atomic mass is 16.4. The maximum absolute atomic E-state index is 12.0. The third-order valence-corrected chi connectivity index (χ3v) is 3.59. The summed E-state index contributed by atoms with van der Waals surface area (Å²) in [5, 5.41) is 10.7. The van der Waals surface area contributed by atoms with E-state index in [2.05, 4.69) is 12.1 Å². The van der Waals surface area contributed by atoms with E-state index in [4.69, 9.17) is 0 Å². The van der Waals surface area contributed by atoms with E-state index < -0.39 is 6.09 Å². The predicted molar refractivity (Wildman–Crippen MR) is 72.9 cm³/mol. The summed E-state index contributed by atoms with van der Waals surface area (Å²) in [6.07, 6.45) is 1.08. The van der Waals surface area contributed by atoms with Gasteiger partial charge in [-0.2, -0.15) is 0 Å². The number of piperazine rings is 1. The van der Waals surface area contributed by atoms with Gasteiger partial charge in [0.05, 0.1) is 0 Å². The minimum Gasteiger partial charge on any atom is -0.530 e. The Hall–Kier alpha value is -2.04. The summed E-state index contributed by atoms with van der Waals surface area (Å²) in [5.74, 6) is 0.110. The molecule has 0 N–H and O–H groups in total. The summed E-state index contributed by atoms with van der Waals surface area (Å²) in [6.45, 7) is 1.65. The van der Waals surface area contributed by atoms with Gasteiger partial charge in [0.1, 0.15) is 6.09 Å². The highest BCUT2D eigenvalue weighted by Crippen LogP contribution is 2.08. The van der Waals surface area contributed by atoms with Crippen LogP contribution in [0.15, 0.2) is 30.3 Å². The molecule has 0 radical (unpaired) electrons. The number of carbonyl (C=O) groups is 2. The van der Waals surface area contributed by atoms with E-state index in [-0.39, 0.29) is 5.91 Å². The normalized spacial score (nSPS) is 15.2. The fraction of sp³-hybridized carbons (Fsp3) is 0.467. The second-order valence-electron chi connectivity index (χ2n) is 4.97. The molecule has 1 aliphatic rings. The van der Waals surface area contributed by atoms with E-state index >= 15 is 0 Å². The number of hydrogen-bond acceptors (Lipinski definition) is 3. The van der Waals surface area contributed by atoms with Crippen LogP contribution in [0.2, 0.25) is 0 Å². The van der Waals surface area contributed by atoms with E-state index in [0.717, 1.165) is 12.8 Å². The van der Waals surface area contributed by atoms with E-state index in [0.29, 0.717) is 32.6 Å². The largest absolute Gasteiger partial charge is 0.530 e. The molecule has 0 bridgehead atoms. The van der Waals surface area contributed by atoms with E-state index in [1.807, 2.05) is 18.2 Å². The molecular weight excluding hydrogens is 256 g/mol. The zero-order valence-electron chi connectivity index (χ0n) is 11.5. The van der Waals surface area contributed by atoms with Gasteiger partial charge in [-0.05, 0) is 18.4 Å². The number of carbonyl (C=O) groups excluding carboxylic acids is 2. The fourth-order valence-electron chi connectivity index (χ4n) is 2.38. The molecular formula is C15H19N2O3-. The summed E-state index contributed by atoms with van der Waals surface area (Å²) in [4.78, 5) is 25.7. The smallest absolute Gasteiger partial charge is 0.222 e. The monoisotopic (exact) mass is 275 g/mol. The minimum atomic E-state index is -1.15. The Bertz CT molecular complexity index is 453. The summed E-state index contributed by atoms with van der Waals surface area (Å²) < 4.78 is 0. The lowest BCUT2D eigenvalue weighted by molar-refractivity contribution is -0.266. The van der Waals surface area contributed by atoms with Crippen LogP contribution in [0.3, 0.4) is 0 Å². The van der Waals surface area contributed by atoms with Crippen LogP contribution in [0.1, 0.15) is 18.4 Å². The van der Waals surface area contributed by atoms with Crippen LogP contribution in [0, 0.1) is 0 Å². The first-order valence-electron chi connectivity index (χ1n) is 6.94. The lowest BCUT2D eigenvalue weighted by Crippen LogP contribution is -2.53. The number of benzene rings is 1. The molecule has 1 aliphatic heterocycles. The third kappa shape index (κ3) is 3.98. The molecule has 1 aromatic carbocycles. The van der Waals surface area contributed by atoms with Crippen molar-refractivity contribution in [1.29, 1.82) is 0 Å². The average Bonchev–Trinajstić information content (AvgIpc) is 2.48. The molecule has 2 amide bonds. The summed E-state index contributed by atoms with van der Waals surface area (Å²) in [5.41, 5.74) is 1.24. The van der Waals surface area contributed by atoms with Gasteiger partial charge in [0.25, 0.3) is 0 Å². The van der Waals surface area contributed by atoms with Gasteiger partial charge >= 0.3 is 0 Å². The Morgan fingerprint density at radius 2 is 1.60 bits per heavy atom. The second-order valence-corrected chi connectivity index (χ2v) is 4.97. The van der Waals surface area contributed by atoms with Crippen LogP contribution in [-0.4, -0.2) is 48.0 Å². The van der Waals surface area contributed by atoms with Gasteiger partial charge in [-0.3, -0.25) is 4.79 Å². The molecule has 1 saturated heterocycles. The number of carboxylic acid groups (broad SMARTS) is 1. The molecule has 1 heterocycles. The highest BCUT2D eigenvalue weighted by Gasteiger charge is 2.20. The topological polar surface area (TPSA) is 63.7 Å². The van der Waals surface area contributed by atoms with Crippen molar-refractivity contribution in [3.8, 4) is 0 Å². The van der Waals surface area contributed by atoms with Crippen molar-refractivity contribution >= 4 is 12.0 Å². The number of nitrogens with zero attached hydrogens (tertiary/aromatic N) is 2. The molecule has 0 saturated carbocycles. The van der Waals surface area contributed by atoms with Crippen LogP contribution >= 0.6 is 0 Å². The first-order chi connectivity index (χ1) is 9.66. The molecule has 0 unspecified atom stereocenters. The number of rotatable bonds is 4. The van der Waals surface area contributed by atoms with E-state index in [1.165, 1.54) is 10.5 Å². The van der Waals surface area contributed by atoms with Gasteiger partial charge in [-0.25, -0.2) is 0 Å². The van der Waals surface area contributed by atoms with Crippen LogP contribution in [0.25, 0.3) is 0 Å². The first kappa shape index (κ1) is 14.4. The molecule has 0 aliphatic carbocycles. The summed E-state index contributed by atoms with van der Waals surface area (Å²) >= 11 is 0. The molecule has 2 rings (SSSR count). The molecule has 0 aromatic heterocycles. The maximum Gasteiger partial charge on any atom is 0.222 e. The molecule has 0 atom stereocenters. The van der Waals surface area contributed by atoms with Crippen molar-refractivity contribution in [2.24, 2.45) is 0 Å². The molecule has 0 spiro atoms. The van der Waals surface area contributed by atoms with Crippen molar-refractivity contribution in [2.75, 3.05) is 26.2 Å². The maximum atomic E-state index is 12.0. The van der Waals surface area contributed by atoms with Gasteiger partial charge in [-0.1, -0.05) is 30.3 Å². The van der Waals surface area contributed by atoms with E-state index in [9.17, 15) is 14.7 Å². The molecule has 20 heavy (non-hydrogen) atoms. The van der Waals surface area contributed by atoms with Crippen LogP contribution in [-0.2, 0) is 11.2 Å². The number of amides is 2. The van der Waals surface area contributed by atoms with Crippen LogP contribution in [0.5, 0.6) is 0 Å². The fourth-order valence-corrected chi connectivity index (χ4v) is 2.38. The van der Waals surface area contributed by atoms with E-state index in [1.54, 1.807) is 4.90 Å². The number of aryl methyl sites for hydroxylation is 1. The van der Waals surface area contributed by atoms with Gasteiger partial charge in [0, 0.05) is 32.6 Å². The zero-order valence-corrected chi connectivity index (χ0v) is 11.5. The SMILES string of the molecule is O=C([O-])N1CCN(C(=O)CCCc2ccccc2)CC1. The third-order valence-electron chi connectivity index (χ3n) is 3.59. The quantitative estimate of drug-likeness (QED) is 0.803. The Morgan fingerprint density at radius 3 is 2.20 bits per heavy atom. The first-order valence-corrected chi connectivity index (χ1v) is 6.94. The molecule has 108 valence electrons. The van der Waals surface area contributed by atoms with Crippen molar-refractivity contribution < 1.29 is 14.7 Å². The van der Waals surface area contributed by atoms with Crippen molar-refractivity contribution in [2.45, 2.75) is 19.3 Å². The predicted octanol–water partition coefficient (Wildman–Crippen LogP) is 0.497. The lowest BCUT2D eigenvalue weighted by atomic mass is 10.1. The zero-order chi connectivity index (χ0) is 14.4. The van der Waals surface area contributed by atoms with Crippen molar-refractivity contribution in [3.63, 3.8) is 0 Å². The van der Waals surface area contributed by atoms with Crippen LogP contribution < -0.4 is 5.11 Å². The van der Waals surface area contributed by atoms with Crippen LogP contribution in [0.4, 0.5) is 4.79 Å². The lowest BCUT2D eigenvalue weighted by Gasteiger charge is -2.36. The van der Waals surface area contributed by atoms with Gasteiger partial charge in [0.2, 0.25) is 5.91 Å². The Morgan fingerprint density at radius 1 is 1.00 bits per heavy atom. The average molecular weight is 275 g/mol. The van der Waals surface area contributed by atoms with Gasteiger partial charge in [0.15, 0.2) is 0 Å². The molecule has 1 fully saturated rings. The Labute approximate surface area is 118 Å². The Kier molecular flexibility index (Phi) is 4.98. The van der Waals surface area contributed by atoms with Gasteiger partial charge in [-0.15, -0.1) is 0 Å². The Balaban J connectivity index is 1.69. The number of hydrogen-bond donors (Lipinski definition) is 0. The molecule has 1 aromatic rings. The highest BCUT2D eigenvalue weighted by molar-refractivity contribution is 5.76.